The summed E-state index contributed by atoms with van der Waals surface area (Å²) in [7, 11) is 1.84. The van der Waals surface area contributed by atoms with Crippen LogP contribution in [-0.4, -0.2) is 30.4 Å². The predicted molar refractivity (Wildman–Crippen MR) is 65.8 cm³/mol. The van der Waals surface area contributed by atoms with Gasteiger partial charge in [0.05, 0.1) is 5.56 Å². The van der Waals surface area contributed by atoms with Gasteiger partial charge >= 0.3 is 0 Å². The second-order valence-corrected chi connectivity index (χ2v) is 5.11. The number of aryl methyl sites for hydroxylation is 2. The highest BCUT2D eigenvalue weighted by atomic mass is 16.3. The maximum Gasteiger partial charge on any atom is 0.257 e. The van der Waals surface area contributed by atoms with Crippen LogP contribution < -0.4 is 5.73 Å². The first-order valence-corrected chi connectivity index (χ1v) is 6.05. The first kappa shape index (κ1) is 12.2. The van der Waals surface area contributed by atoms with Crippen molar-refractivity contribution in [2.75, 3.05) is 13.6 Å². The normalized spacial score (nSPS) is 23.3. The highest BCUT2D eigenvalue weighted by Gasteiger charge is 2.28. The lowest BCUT2D eigenvalue weighted by molar-refractivity contribution is 0.0732. The molecule has 0 aliphatic heterocycles. The SMILES string of the molecule is Cc1cc(C(=O)N(C)CC2CC(N)C2)c(C)o1. The van der Waals surface area contributed by atoms with Crippen molar-refractivity contribution in [2.24, 2.45) is 11.7 Å². The number of nitrogens with zero attached hydrogens (tertiary/aromatic N) is 1. The van der Waals surface area contributed by atoms with Crippen molar-refractivity contribution in [2.45, 2.75) is 32.7 Å². The number of furan rings is 1. The number of hydrogen-bond acceptors (Lipinski definition) is 3. The van der Waals surface area contributed by atoms with Crippen LogP contribution in [0.5, 0.6) is 0 Å². The molecule has 2 rings (SSSR count). The van der Waals surface area contributed by atoms with Crippen LogP contribution in [0.1, 0.15) is 34.7 Å². The molecule has 0 aromatic carbocycles. The number of hydrogen-bond donors (Lipinski definition) is 1. The van der Waals surface area contributed by atoms with E-state index in [4.69, 9.17) is 10.2 Å². The molecule has 1 fully saturated rings. The topological polar surface area (TPSA) is 59.5 Å². The van der Waals surface area contributed by atoms with E-state index >= 15 is 0 Å². The van der Waals surface area contributed by atoms with Crippen molar-refractivity contribution in [1.82, 2.24) is 4.90 Å². The Bertz CT molecular complexity index is 419. The zero-order valence-corrected chi connectivity index (χ0v) is 10.7. The molecule has 4 heteroatoms. The van der Waals surface area contributed by atoms with Crippen LogP contribution in [-0.2, 0) is 0 Å². The number of carbonyl (C=O) groups is 1. The van der Waals surface area contributed by atoms with Crippen molar-refractivity contribution < 1.29 is 9.21 Å². The third kappa shape index (κ3) is 2.52. The number of amides is 1. The van der Waals surface area contributed by atoms with Gasteiger partial charge in [0.15, 0.2) is 0 Å². The molecule has 1 aliphatic carbocycles. The van der Waals surface area contributed by atoms with E-state index in [2.05, 4.69) is 0 Å². The molecule has 17 heavy (non-hydrogen) atoms. The summed E-state index contributed by atoms with van der Waals surface area (Å²) >= 11 is 0. The van der Waals surface area contributed by atoms with Crippen LogP contribution in [0.4, 0.5) is 0 Å². The minimum absolute atomic E-state index is 0.0415. The van der Waals surface area contributed by atoms with E-state index in [0.29, 0.717) is 23.3 Å². The summed E-state index contributed by atoms with van der Waals surface area (Å²) in [5.41, 5.74) is 6.42. The van der Waals surface area contributed by atoms with Gasteiger partial charge in [0.2, 0.25) is 0 Å². The molecule has 0 saturated heterocycles. The van der Waals surface area contributed by atoms with Gasteiger partial charge in [-0.15, -0.1) is 0 Å². The van der Waals surface area contributed by atoms with Crippen LogP contribution in [0.15, 0.2) is 10.5 Å². The maximum atomic E-state index is 12.2. The lowest BCUT2D eigenvalue weighted by Gasteiger charge is -2.35. The third-order valence-electron chi connectivity index (χ3n) is 3.42. The molecule has 1 heterocycles. The van der Waals surface area contributed by atoms with Crippen LogP contribution in [0.2, 0.25) is 0 Å². The maximum absolute atomic E-state index is 12.2. The Kier molecular flexibility index (Phi) is 3.24. The molecule has 1 saturated carbocycles. The van der Waals surface area contributed by atoms with Gasteiger partial charge in [0.25, 0.3) is 5.91 Å². The first-order valence-electron chi connectivity index (χ1n) is 6.05. The van der Waals surface area contributed by atoms with Crippen LogP contribution in [0, 0.1) is 19.8 Å². The molecule has 0 atom stereocenters. The van der Waals surface area contributed by atoms with Crippen molar-refractivity contribution in [3.8, 4) is 0 Å². The molecule has 1 amide bonds. The Hall–Kier alpha value is -1.29. The van der Waals surface area contributed by atoms with E-state index in [1.165, 1.54) is 0 Å². The molecule has 1 aromatic heterocycles. The molecule has 1 aliphatic rings. The van der Waals surface area contributed by atoms with Gasteiger partial charge in [0, 0.05) is 19.6 Å². The van der Waals surface area contributed by atoms with Gasteiger partial charge in [-0.05, 0) is 38.7 Å². The van der Waals surface area contributed by atoms with Crippen LogP contribution >= 0.6 is 0 Å². The summed E-state index contributed by atoms with van der Waals surface area (Å²) in [4.78, 5) is 13.9. The van der Waals surface area contributed by atoms with E-state index in [0.717, 1.165) is 25.1 Å². The summed E-state index contributed by atoms with van der Waals surface area (Å²) in [6.07, 6.45) is 2.06. The molecule has 0 bridgehead atoms. The Balaban J connectivity index is 1.97. The lowest BCUT2D eigenvalue weighted by atomic mass is 9.80. The smallest absolute Gasteiger partial charge is 0.257 e. The zero-order valence-electron chi connectivity index (χ0n) is 10.7. The van der Waals surface area contributed by atoms with E-state index in [-0.39, 0.29) is 5.91 Å². The van der Waals surface area contributed by atoms with Crippen molar-refractivity contribution >= 4 is 5.91 Å². The molecule has 4 nitrogen and oxygen atoms in total. The standard InChI is InChI=1S/C13H20N2O2/c1-8-4-12(9(2)17-8)13(16)15(3)7-10-5-11(14)6-10/h4,10-11H,5-7,14H2,1-3H3. The van der Waals surface area contributed by atoms with Gasteiger partial charge < -0.3 is 15.1 Å². The summed E-state index contributed by atoms with van der Waals surface area (Å²) in [6, 6.07) is 2.14. The fourth-order valence-corrected chi connectivity index (χ4v) is 2.46. The van der Waals surface area contributed by atoms with E-state index in [9.17, 15) is 4.79 Å². The van der Waals surface area contributed by atoms with Crippen molar-refractivity contribution in [3.05, 3.63) is 23.2 Å². The molecule has 1 aromatic rings. The van der Waals surface area contributed by atoms with E-state index in [1.807, 2.05) is 20.9 Å². The Morgan fingerprint density at radius 2 is 2.18 bits per heavy atom. The molecular weight excluding hydrogens is 216 g/mol. The van der Waals surface area contributed by atoms with Gasteiger partial charge in [-0.2, -0.15) is 0 Å². The first-order chi connectivity index (χ1) is 7.97. The summed E-state index contributed by atoms with van der Waals surface area (Å²) < 4.78 is 5.38. The zero-order chi connectivity index (χ0) is 12.6. The predicted octanol–water partition coefficient (Wildman–Crippen LogP) is 1.71. The number of nitrogens with two attached hydrogens (primary N) is 1. The lowest BCUT2D eigenvalue weighted by Crippen LogP contribution is -2.43. The molecule has 2 N–H and O–H groups in total. The van der Waals surface area contributed by atoms with Crippen LogP contribution in [0.25, 0.3) is 0 Å². The number of carbonyl (C=O) groups excluding carboxylic acids is 1. The highest BCUT2D eigenvalue weighted by Crippen LogP contribution is 2.26. The average molecular weight is 236 g/mol. The molecule has 0 unspecified atom stereocenters. The van der Waals surface area contributed by atoms with Gasteiger partial charge in [-0.3, -0.25) is 4.79 Å². The van der Waals surface area contributed by atoms with Gasteiger partial charge in [0.1, 0.15) is 11.5 Å². The molecule has 94 valence electrons. The van der Waals surface area contributed by atoms with Crippen molar-refractivity contribution in [1.29, 1.82) is 0 Å². The van der Waals surface area contributed by atoms with Crippen molar-refractivity contribution in [3.63, 3.8) is 0 Å². The van der Waals surface area contributed by atoms with E-state index < -0.39 is 0 Å². The second-order valence-electron chi connectivity index (χ2n) is 5.11. The highest BCUT2D eigenvalue weighted by molar-refractivity contribution is 5.95. The minimum Gasteiger partial charge on any atom is -0.466 e. The fraction of sp³-hybridized carbons (Fsp3) is 0.615. The van der Waals surface area contributed by atoms with E-state index in [1.54, 1.807) is 11.0 Å². The quantitative estimate of drug-likeness (QED) is 0.869. The summed E-state index contributed by atoms with van der Waals surface area (Å²) in [5, 5.41) is 0. The Morgan fingerprint density at radius 3 is 2.65 bits per heavy atom. The van der Waals surface area contributed by atoms with Gasteiger partial charge in [-0.25, -0.2) is 0 Å². The average Bonchev–Trinajstić information content (AvgIpc) is 2.54. The third-order valence-corrected chi connectivity index (χ3v) is 3.42. The number of rotatable bonds is 3. The van der Waals surface area contributed by atoms with Crippen LogP contribution in [0.3, 0.4) is 0 Å². The largest absolute Gasteiger partial charge is 0.466 e. The van der Waals surface area contributed by atoms with Gasteiger partial charge in [-0.1, -0.05) is 0 Å². The Labute approximate surface area is 102 Å². The molecule has 0 spiro atoms. The minimum atomic E-state index is 0.0415. The second kappa shape index (κ2) is 4.53. The Morgan fingerprint density at radius 1 is 1.53 bits per heavy atom. The summed E-state index contributed by atoms with van der Waals surface area (Å²) in [6.45, 7) is 4.47. The summed E-state index contributed by atoms with van der Waals surface area (Å²) in [5.74, 6) is 2.08. The monoisotopic (exact) mass is 236 g/mol. The molecule has 0 radical (unpaired) electrons. The fourth-order valence-electron chi connectivity index (χ4n) is 2.46. The molecular formula is C13H20N2O2.